The predicted octanol–water partition coefficient (Wildman–Crippen LogP) is 3.99. The monoisotopic (exact) mass is 465 g/mol. The number of likely N-dealkylation sites (tertiary alicyclic amines) is 1. The topological polar surface area (TPSA) is 105 Å². The SMILES string of the molecule is CCO[C@H]1CCN(Cc2c(OC)cc(C)c3nc(C)[nH]c(=O)c23)[C@H](c2ccc(C(=O)O)cc2)C1. The third kappa shape index (κ3) is 4.69. The standard InChI is InChI=1S/C26H31N3O5/c1-5-34-19-10-11-29(21(13-19)17-6-8-18(9-7-17)26(31)32)14-20-22(33-4)12-15(2)24-23(20)25(30)28-16(3)27-24/h6-9,12,19,21H,5,10-11,13-14H2,1-4H3,(H,31,32)(H,27,28,30)/t19-,21-/m0/s1. The van der Waals surface area contributed by atoms with Crippen molar-refractivity contribution in [1.82, 2.24) is 14.9 Å². The van der Waals surface area contributed by atoms with Crippen LogP contribution in [0.4, 0.5) is 0 Å². The highest BCUT2D eigenvalue weighted by Gasteiger charge is 2.31. The van der Waals surface area contributed by atoms with E-state index in [1.165, 1.54) is 0 Å². The van der Waals surface area contributed by atoms with Gasteiger partial charge in [0.15, 0.2) is 0 Å². The lowest BCUT2D eigenvalue weighted by atomic mass is 9.91. The third-order valence-corrected chi connectivity index (χ3v) is 6.55. The first-order valence-electron chi connectivity index (χ1n) is 11.6. The van der Waals surface area contributed by atoms with Crippen molar-refractivity contribution in [1.29, 1.82) is 0 Å². The first kappa shape index (κ1) is 23.9. The minimum absolute atomic E-state index is 0.00620. The summed E-state index contributed by atoms with van der Waals surface area (Å²) in [5.41, 5.74) is 3.48. The maximum atomic E-state index is 13.0. The number of carbonyl (C=O) groups is 1. The van der Waals surface area contributed by atoms with Crippen molar-refractivity contribution < 1.29 is 19.4 Å². The zero-order valence-corrected chi connectivity index (χ0v) is 20.1. The molecule has 2 N–H and O–H groups in total. The Bertz CT molecular complexity index is 1250. The van der Waals surface area contributed by atoms with Crippen molar-refractivity contribution in [2.24, 2.45) is 0 Å². The number of aromatic amines is 1. The number of ether oxygens (including phenoxy) is 2. The van der Waals surface area contributed by atoms with Gasteiger partial charge in [0.05, 0.1) is 29.7 Å². The Morgan fingerprint density at radius 1 is 1.26 bits per heavy atom. The summed E-state index contributed by atoms with van der Waals surface area (Å²) in [5.74, 6) is 0.288. The second-order valence-electron chi connectivity index (χ2n) is 8.76. The Morgan fingerprint density at radius 3 is 2.65 bits per heavy atom. The van der Waals surface area contributed by atoms with Crippen LogP contribution >= 0.6 is 0 Å². The molecule has 1 saturated heterocycles. The lowest BCUT2D eigenvalue weighted by Gasteiger charge is -2.40. The van der Waals surface area contributed by atoms with E-state index in [4.69, 9.17) is 9.47 Å². The van der Waals surface area contributed by atoms with Crippen LogP contribution < -0.4 is 10.3 Å². The van der Waals surface area contributed by atoms with Gasteiger partial charge >= 0.3 is 5.97 Å². The van der Waals surface area contributed by atoms with E-state index < -0.39 is 5.97 Å². The smallest absolute Gasteiger partial charge is 0.335 e. The molecule has 4 rings (SSSR count). The first-order valence-corrected chi connectivity index (χ1v) is 11.6. The second kappa shape index (κ2) is 9.95. The molecule has 34 heavy (non-hydrogen) atoms. The number of carboxylic acids is 1. The number of fused-ring (bicyclic) bond motifs is 1. The molecular weight excluding hydrogens is 434 g/mol. The van der Waals surface area contributed by atoms with Gasteiger partial charge in [-0.1, -0.05) is 12.1 Å². The number of carboxylic acid groups (broad SMARTS) is 1. The molecule has 8 nitrogen and oxygen atoms in total. The molecule has 0 spiro atoms. The predicted molar refractivity (Wildman–Crippen MR) is 130 cm³/mol. The Hall–Kier alpha value is -3.23. The fourth-order valence-electron chi connectivity index (χ4n) is 4.92. The van der Waals surface area contributed by atoms with Crippen LogP contribution in [-0.4, -0.2) is 52.3 Å². The van der Waals surface area contributed by atoms with Gasteiger partial charge in [0.2, 0.25) is 0 Å². The van der Waals surface area contributed by atoms with Crippen LogP contribution in [0.1, 0.15) is 58.7 Å². The van der Waals surface area contributed by atoms with Crippen LogP contribution in [0.2, 0.25) is 0 Å². The number of piperidine rings is 1. The van der Waals surface area contributed by atoms with Crippen LogP contribution in [0.25, 0.3) is 10.9 Å². The van der Waals surface area contributed by atoms with Gasteiger partial charge < -0.3 is 19.6 Å². The Morgan fingerprint density at radius 2 is 2.00 bits per heavy atom. The number of aromatic nitrogens is 2. The van der Waals surface area contributed by atoms with Gasteiger partial charge in [-0.2, -0.15) is 0 Å². The molecule has 1 aliphatic heterocycles. The van der Waals surface area contributed by atoms with Gasteiger partial charge in [-0.25, -0.2) is 9.78 Å². The van der Waals surface area contributed by atoms with Crippen molar-refractivity contribution >= 4 is 16.9 Å². The largest absolute Gasteiger partial charge is 0.496 e. The molecule has 1 aromatic heterocycles. The Balaban J connectivity index is 1.77. The summed E-state index contributed by atoms with van der Waals surface area (Å²) < 4.78 is 11.7. The number of nitrogens with zero attached hydrogens (tertiary/aromatic N) is 2. The summed E-state index contributed by atoms with van der Waals surface area (Å²) in [6, 6.07) is 8.97. The number of benzene rings is 2. The van der Waals surface area contributed by atoms with Gasteiger partial charge in [0.1, 0.15) is 11.6 Å². The lowest BCUT2D eigenvalue weighted by molar-refractivity contribution is -0.0138. The number of H-pyrrole nitrogens is 1. The zero-order valence-electron chi connectivity index (χ0n) is 20.1. The van der Waals surface area contributed by atoms with Crippen LogP contribution in [0.15, 0.2) is 35.1 Å². The molecule has 1 fully saturated rings. The number of aromatic carboxylic acids is 1. The summed E-state index contributed by atoms with van der Waals surface area (Å²) in [6.45, 7) is 7.61. The molecule has 0 amide bonds. The highest BCUT2D eigenvalue weighted by molar-refractivity contribution is 5.87. The molecule has 2 atom stereocenters. The van der Waals surface area contributed by atoms with Gasteiger partial charge in [-0.15, -0.1) is 0 Å². The average Bonchev–Trinajstić information content (AvgIpc) is 2.81. The zero-order chi connectivity index (χ0) is 24.4. The molecule has 0 unspecified atom stereocenters. The van der Waals surface area contributed by atoms with E-state index in [0.29, 0.717) is 35.6 Å². The molecule has 2 aromatic carbocycles. The average molecular weight is 466 g/mol. The van der Waals surface area contributed by atoms with Gasteiger partial charge in [-0.05, 0) is 62.9 Å². The van der Waals surface area contributed by atoms with Crippen molar-refractivity contribution in [2.75, 3.05) is 20.3 Å². The van der Waals surface area contributed by atoms with Gasteiger partial charge in [0.25, 0.3) is 5.56 Å². The second-order valence-corrected chi connectivity index (χ2v) is 8.76. The summed E-state index contributed by atoms with van der Waals surface area (Å²) >= 11 is 0. The molecule has 0 radical (unpaired) electrons. The first-order chi connectivity index (χ1) is 16.3. The molecule has 0 aliphatic carbocycles. The summed E-state index contributed by atoms with van der Waals surface area (Å²) in [5, 5.41) is 9.84. The number of hydrogen-bond donors (Lipinski definition) is 2. The number of aryl methyl sites for hydroxylation is 2. The molecule has 3 aromatic rings. The maximum Gasteiger partial charge on any atom is 0.335 e. The van der Waals surface area contributed by atoms with E-state index >= 15 is 0 Å². The fourth-order valence-corrected chi connectivity index (χ4v) is 4.92. The van der Waals surface area contributed by atoms with Crippen LogP contribution in [0.5, 0.6) is 5.75 Å². The van der Waals surface area contributed by atoms with E-state index in [-0.39, 0.29) is 23.3 Å². The van der Waals surface area contributed by atoms with E-state index in [1.54, 1.807) is 26.2 Å². The van der Waals surface area contributed by atoms with E-state index in [9.17, 15) is 14.7 Å². The molecule has 8 heteroatoms. The summed E-state index contributed by atoms with van der Waals surface area (Å²) in [4.78, 5) is 34.1. The Labute approximate surface area is 198 Å². The van der Waals surface area contributed by atoms with Crippen molar-refractivity contribution in [3.8, 4) is 5.75 Å². The van der Waals surface area contributed by atoms with E-state index in [2.05, 4.69) is 14.9 Å². The molecule has 2 heterocycles. The molecular formula is C26H31N3O5. The minimum atomic E-state index is -0.947. The van der Waals surface area contributed by atoms with Crippen molar-refractivity contribution in [3.63, 3.8) is 0 Å². The molecule has 1 aliphatic rings. The van der Waals surface area contributed by atoms with Crippen LogP contribution in [0.3, 0.4) is 0 Å². The van der Waals surface area contributed by atoms with Crippen molar-refractivity contribution in [3.05, 3.63) is 68.8 Å². The van der Waals surface area contributed by atoms with Crippen LogP contribution in [-0.2, 0) is 11.3 Å². The van der Waals surface area contributed by atoms with Gasteiger partial charge in [0, 0.05) is 31.3 Å². The fraction of sp³-hybridized carbons (Fsp3) is 0.423. The molecule has 180 valence electrons. The van der Waals surface area contributed by atoms with Gasteiger partial charge in [-0.3, -0.25) is 9.69 Å². The number of nitrogens with one attached hydrogen (secondary N) is 1. The summed E-state index contributed by atoms with van der Waals surface area (Å²) in [7, 11) is 1.61. The summed E-state index contributed by atoms with van der Waals surface area (Å²) in [6.07, 6.45) is 1.77. The van der Waals surface area contributed by atoms with E-state index in [0.717, 1.165) is 36.1 Å². The van der Waals surface area contributed by atoms with Crippen molar-refractivity contribution in [2.45, 2.75) is 52.3 Å². The Kier molecular flexibility index (Phi) is 7.00. The highest BCUT2D eigenvalue weighted by atomic mass is 16.5. The molecule has 0 bridgehead atoms. The quantitative estimate of drug-likeness (QED) is 0.544. The number of hydrogen-bond acceptors (Lipinski definition) is 6. The maximum absolute atomic E-state index is 13.0. The number of methoxy groups -OCH3 is 1. The highest BCUT2D eigenvalue weighted by Crippen LogP contribution is 2.37. The van der Waals surface area contributed by atoms with Crippen LogP contribution in [0, 0.1) is 13.8 Å². The minimum Gasteiger partial charge on any atom is -0.496 e. The van der Waals surface area contributed by atoms with E-state index in [1.807, 2.05) is 32.0 Å². The normalized spacial score (nSPS) is 18.8. The lowest BCUT2D eigenvalue weighted by Crippen LogP contribution is -2.39. The number of rotatable bonds is 7. The third-order valence-electron chi connectivity index (χ3n) is 6.55. The molecule has 0 saturated carbocycles.